The third kappa shape index (κ3) is 10.9. The third-order valence-electron chi connectivity index (χ3n) is 7.16. The number of rotatable bonds is 17. The van der Waals surface area contributed by atoms with Crippen molar-refractivity contribution in [1.29, 1.82) is 0 Å². The zero-order valence-electron chi connectivity index (χ0n) is 26.2. The predicted molar refractivity (Wildman–Crippen MR) is 168 cm³/mol. The standard InChI is InChI=1S/C31H47N5O7S/c1-21-27(44-20-34-21)23-8-6-22(7-9-23)17-33-29(39)25-16-24(37)18-36(25)30(40)28(31(2,3)4)35-26(38)19-43-12-5-11-41-14-15-42-13-10-32/h6-9,20,24-25,28,37H,5,10-19,32H2,1-4H3,(H,33,39)(H,35,38)/t24-,25+,28?/m1/s1. The number of carbonyl (C=O) groups is 3. The van der Waals surface area contributed by atoms with Gasteiger partial charge in [-0.15, -0.1) is 11.3 Å². The van der Waals surface area contributed by atoms with Crippen molar-refractivity contribution in [2.75, 3.05) is 52.7 Å². The lowest BCUT2D eigenvalue weighted by molar-refractivity contribution is -0.144. The van der Waals surface area contributed by atoms with Gasteiger partial charge in [0, 0.05) is 39.3 Å². The smallest absolute Gasteiger partial charge is 0.246 e. The number of nitrogens with two attached hydrogens (primary N) is 1. The van der Waals surface area contributed by atoms with Crippen molar-refractivity contribution >= 4 is 29.1 Å². The highest BCUT2D eigenvalue weighted by molar-refractivity contribution is 7.13. The summed E-state index contributed by atoms with van der Waals surface area (Å²) >= 11 is 1.58. The van der Waals surface area contributed by atoms with E-state index >= 15 is 0 Å². The molecule has 0 radical (unpaired) electrons. The summed E-state index contributed by atoms with van der Waals surface area (Å²) in [6.07, 6.45) is -0.119. The van der Waals surface area contributed by atoms with Gasteiger partial charge in [-0.05, 0) is 29.9 Å². The van der Waals surface area contributed by atoms with Gasteiger partial charge in [0.1, 0.15) is 18.7 Å². The van der Waals surface area contributed by atoms with Gasteiger partial charge in [0.2, 0.25) is 17.7 Å². The number of hydrogen-bond donors (Lipinski definition) is 4. The van der Waals surface area contributed by atoms with E-state index in [1.807, 2.05) is 57.5 Å². The highest BCUT2D eigenvalue weighted by Crippen LogP contribution is 2.28. The van der Waals surface area contributed by atoms with Crippen LogP contribution in [-0.4, -0.2) is 104 Å². The summed E-state index contributed by atoms with van der Waals surface area (Å²) in [4.78, 5) is 46.4. The van der Waals surface area contributed by atoms with Crippen LogP contribution in [0.5, 0.6) is 0 Å². The summed E-state index contributed by atoms with van der Waals surface area (Å²) in [7, 11) is 0. The number of benzene rings is 1. The van der Waals surface area contributed by atoms with E-state index in [1.165, 1.54) is 4.90 Å². The second-order valence-corrected chi connectivity index (χ2v) is 12.7. The highest BCUT2D eigenvalue weighted by Gasteiger charge is 2.44. The summed E-state index contributed by atoms with van der Waals surface area (Å²) in [5.41, 5.74) is 9.46. The first-order chi connectivity index (χ1) is 21.0. The normalized spacial score (nSPS) is 17.5. The van der Waals surface area contributed by atoms with E-state index in [9.17, 15) is 19.5 Å². The average molecular weight is 634 g/mol. The predicted octanol–water partition coefficient (Wildman–Crippen LogP) is 1.63. The molecule has 3 rings (SSSR count). The molecule has 1 aliphatic rings. The fourth-order valence-corrected chi connectivity index (χ4v) is 5.63. The number of amides is 3. The minimum atomic E-state index is -0.918. The monoisotopic (exact) mass is 633 g/mol. The first kappa shape index (κ1) is 35.5. The van der Waals surface area contributed by atoms with E-state index in [4.69, 9.17) is 19.9 Å². The van der Waals surface area contributed by atoms with Crippen LogP contribution in [0.3, 0.4) is 0 Å². The van der Waals surface area contributed by atoms with Crippen LogP contribution in [0.2, 0.25) is 0 Å². The van der Waals surface area contributed by atoms with Crippen molar-refractivity contribution in [2.24, 2.45) is 11.1 Å². The molecule has 244 valence electrons. The first-order valence-electron chi connectivity index (χ1n) is 15.0. The number of nitrogens with zero attached hydrogens (tertiary/aromatic N) is 2. The number of aromatic nitrogens is 1. The molecule has 1 aromatic heterocycles. The number of β-amino-alcohol motifs (C(OH)–C–C–N with tert-alkyl or cyclic N) is 1. The van der Waals surface area contributed by atoms with Crippen LogP contribution in [0.4, 0.5) is 0 Å². The van der Waals surface area contributed by atoms with Gasteiger partial charge in [0.05, 0.1) is 42.0 Å². The largest absolute Gasteiger partial charge is 0.391 e. The Morgan fingerprint density at radius 2 is 1.77 bits per heavy atom. The molecular formula is C31H47N5O7S. The van der Waals surface area contributed by atoms with Crippen molar-refractivity contribution in [3.8, 4) is 10.4 Å². The number of aliphatic hydroxyl groups excluding tert-OH is 1. The Labute approximate surface area is 263 Å². The van der Waals surface area contributed by atoms with Crippen LogP contribution in [0.25, 0.3) is 10.4 Å². The van der Waals surface area contributed by atoms with E-state index < -0.39 is 35.4 Å². The molecule has 5 N–H and O–H groups in total. The Hall–Kier alpha value is -2.94. The molecule has 1 fully saturated rings. The van der Waals surface area contributed by atoms with Crippen molar-refractivity contribution < 1.29 is 33.7 Å². The Morgan fingerprint density at radius 3 is 2.41 bits per heavy atom. The highest BCUT2D eigenvalue weighted by atomic mass is 32.1. The molecule has 0 spiro atoms. The molecule has 0 bridgehead atoms. The number of ether oxygens (including phenoxy) is 3. The van der Waals surface area contributed by atoms with Crippen molar-refractivity contribution in [3.63, 3.8) is 0 Å². The maximum absolute atomic E-state index is 13.7. The van der Waals surface area contributed by atoms with Gasteiger partial charge in [-0.2, -0.15) is 0 Å². The second kappa shape index (κ2) is 17.5. The van der Waals surface area contributed by atoms with Gasteiger partial charge in [-0.3, -0.25) is 14.4 Å². The number of likely N-dealkylation sites (tertiary alicyclic amines) is 1. The van der Waals surface area contributed by atoms with E-state index in [-0.39, 0.29) is 32.0 Å². The Balaban J connectivity index is 1.49. The van der Waals surface area contributed by atoms with E-state index in [0.717, 1.165) is 21.7 Å². The molecule has 1 aliphatic heterocycles. The van der Waals surface area contributed by atoms with Gasteiger partial charge in [0.25, 0.3) is 0 Å². The number of hydrogen-bond acceptors (Lipinski definition) is 10. The summed E-state index contributed by atoms with van der Waals surface area (Å²) in [6.45, 7) is 10.2. The van der Waals surface area contributed by atoms with Crippen LogP contribution in [0.15, 0.2) is 29.8 Å². The molecule has 2 aromatic rings. The molecule has 44 heavy (non-hydrogen) atoms. The van der Waals surface area contributed by atoms with E-state index in [1.54, 1.807) is 11.3 Å². The van der Waals surface area contributed by atoms with Crippen LogP contribution < -0.4 is 16.4 Å². The third-order valence-corrected chi connectivity index (χ3v) is 8.13. The van der Waals surface area contributed by atoms with Crippen LogP contribution in [-0.2, 0) is 35.1 Å². The van der Waals surface area contributed by atoms with Gasteiger partial charge in [0.15, 0.2) is 0 Å². The summed E-state index contributed by atoms with van der Waals surface area (Å²) in [5.74, 6) is -1.21. The fourth-order valence-electron chi connectivity index (χ4n) is 4.82. The number of carbonyl (C=O) groups excluding carboxylic acids is 3. The lowest BCUT2D eigenvalue weighted by Gasteiger charge is -2.35. The molecule has 0 aliphatic carbocycles. The molecule has 1 aromatic carbocycles. The van der Waals surface area contributed by atoms with Crippen LogP contribution in [0.1, 0.15) is 44.9 Å². The molecule has 12 nitrogen and oxygen atoms in total. The molecule has 1 saturated heterocycles. The van der Waals surface area contributed by atoms with Crippen LogP contribution >= 0.6 is 11.3 Å². The molecule has 1 unspecified atom stereocenters. The lowest BCUT2D eigenvalue weighted by Crippen LogP contribution is -2.58. The molecule has 13 heteroatoms. The number of aliphatic hydroxyl groups is 1. The quantitative estimate of drug-likeness (QED) is 0.190. The summed E-state index contributed by atoms with van der Waals surface area (Å²) < 4.78 is 16.1. The van der Waals surface area contributed by atoms with Gasteiger partial charge < -0.3 is 40.6 Å². The first-order valence-corrected chi connectivity index (χ1v) is 15.9. The van der Waals surface area contributed by atoms with Crippen LogP contribution in [0, 0.1) is 12.3 Å². The number of nitrogens with one attached hydrogen (secondary N) is 2. The molecule has 3 atom stereocenters. The van der Waals surface area contributed by atoms with Crippen molar-refractivity contribution in [2.45, 2.75) is 65.3 Å². The Kier molecular flexibility index (Phi) is 14.2. The zero-order chi connectivity index (χ0) is 32.1. The van der Waals surface area contributed by atoms with Crippen molar-refractivity contribution in [1.82, 2.24) is 20.5 Å². The van der Waals surface area contributed by atoms with E-state index in [2.05, 4.69) is 15.6 Å². The van der Waals surface area contributed by atoms with E-state index in [0.29, 0.717) is 46.0 Å². The van der Waals surface area contributed by atoms with Gasteiger partial charge in [-0.25, -0.2) is 4.98 Å². The summed E-state index contributed by atoms with van der Waals surface area (Å²) in [5, 5.41) is 16.1. The molecule has 2 heterocycles. The minimum Gasteiger partial charge on any atom is -0.391 e. The maximum atomic E-state index is 13.7. The SMILES string of the molecule is Cc1ncsc1-c1ccc(CNC(=O)[C@@H]2C[C@@H](O)CN2C(=O)C(NC(=O)COCCCOCCOCCN)C(C)(C)C)cc1. The lowest BCUT2D eigenvalue weighted by atomic mass is 9.85. The number of thiazole rings is 1. The molecule has 0 saturated carbocycles. The van der Waals surface area contributed by atoms with Gasteiger partial charge >= 0.3 is 0 Å². The Morgan fingerprint density at radius 1 is 1.09 bits per heavy atom. The fraction of sp³-hybridized carbons (Fsp3) is 0.613. The molecular weight excluding hydrogens is 586 g/mol. The molecule has 3 amide bonds. The summed E-state index contributed by atoms with van der Waals surface area (Å²) in [6, 6.07) is 6.11. The topological polar surface area (TPSA) is 165 Å². The van der Waals surface area contributed by atoms with Gasteiger partial charge in [-0.1, -0.05) is 45.0 Å². The average Bonchev–Trinajstić information content (AvgIpc) is 3.60. The number of aryl methyl sites for hydroxylation is 1. The second-order valence-electron chi connectivity index (χ2n) is 11.9. The minimum absolute atomic E-state index is 0.00995. The maximum Gasteiger partial charge on any atom is 0.246 e. The van der Waals surface area contributed by atoms with Crippen molar-refractivity contribution in [3.05, 3.63) is 41.0 Å². The Bertz CT molecular complexity index is 1200. The zero-order valence-corrected chi connectivity index (χ0v) is 27.0.